The van der Waals surface area contributed by atoms with Gasteiger partial charge in [-0.25, -0.2) is 15.0 Å². The maximum absolute atomic E-state index is 6.36. The summed E-state index contributed by atoms with van der Waals surface area (Å²) in [5.41, 5.74) is 11.9. The summed E-state index contributed by atoms with van der Waals surface area (Å²) in [5, 5.41) is 0. The van der Waals surface area contributed by atoms with Gasteiger partial charge >= 0.3 is 0 Å². The fourth-order valence-corrected chi connectivity index (χ4v) is 3.85. The van der Waals surface area contributed by atoms with Gasteiger partial charge in [0.1, 0.15) is 24.1 Å². The van der Waals surface area contributed by atoms with Crippen molar-refractivity contribution in [1.29, 1.82) is 0 Å². The Morgan fingerprint density at radius 3 is 2.92 bits per heavy atom. The second-order valence-corrected chi connectivity index (χ2v) is 7.33. The molecule has 3 unspecified atom stereocenters. The van der Waals surface area contributed by atoms with Crippen LogP contribution in [0.4, 0.5) is 5.82 Å². The average molecular weight is 363 g/mol. The van der Waals surface area contributed by atoms with Crippen molar-refractivity contribution in [3.63, 3.8) is 0 Å². The molecule has 3 atom stereocenters. The molecule has 2 aromatic rings. The number of hydrogen-bond acceptors (Lipinski definition) is 9. The Morgan fingerprint density at radius 2 is 2.15 bits per heavy atom. The molecule has 10 nitrogen and oxygen atoms in total. The normalized spacial score (nSPS) is 30.3. The van der Waals surface area contributed by atoms with Gasteiger partial charge in [-0.3, -0.25) is 4.57 Å². The smallest absolute Gasteiger partial charge is 0.203 e. The lowest BCUT2D eigenvalue weighted by Crippen LogP contribution is -2.46. The molecule has 2 aliphatic heterocycles. The van der Waals surface area contributed by atoms with Crippen molar-refractivity contribution in [2.75, 3.05) is 39.0 Å². The van der Waals surface area contributed by atoms with Gasteiger partial charge in [0, 0.05) is 19.6 Å². The first kappa shape index (κ1) is 17.6. The van der Waals surface area contributed by atoms with Crippen molar-refractivity contribution in [3.8, 4) is 0 Å². The molecule has 0 radical (unpaired) electrons. The summed E-state index contributed by atoms with van der Waals surface area (Å²) >= 11 is 0. The molecule has 4 heterocycles. The Balaban J connectivity index is 1.73. The van der Waals surface area contributed by atoms with Crippen molar-refractivity contribution in [2.45, 2.75) is 37.6 Å². The van der Waals surface area contributed by atoms with E-state index in [1.807, 2.05) is 25.5 Å². The lowest BCUT2D eigenvalue weighted by atomic mass is 10.0. The Morgan fingerprint density at radius 1 is 1.35 bits per heavy atom. The molecule has 0 bridgehead atoms. The highest BCUT2D eigenvalue weighted by Gasteiger charge is 2.62. The second kappa shape index (κ2) is 6.10. The van der Waals surface area contributed by atoms with E-state index in [1.165, 1.54) is 6.33 Å². The number of nitrogen functional groups attached to an aromatic ring is 1. The molecule has 142 valence electrons. The van der Waals surface area contributed by atoms with E-state index in [-0.39, 0.29) is 12.2 Å². The molecule has 4 N–H and O–H groups in total. The number of rotatable bonds is 5. The first-order chi connectivity index (χ1) is 12.4. The number of nitrogens with zero attached hydrogens (tertiary/aromatic N) is 5. The van der Waals surface area contributed by atoms with E-state index in [4.69, 9.17) is 25.7 Å². The zero-order valence-corrected chi connectivity index (χ0v) is 15.3. The first-order valence-electron chi connectivity index (χ1n) is 8.68. The minimum Gasteiger partial charge on any atom is -0.382 e. The van der Waals surface area contributed by atoms with Gasteiger partial charge in [0.25, 0.3) is 0 Å². The molecule has 0 spiro atoms. The van der Waals surface area contributed by atoms with Gasteiger partial charge in [-0.2, -0.15) is 0 Å². The zero-order chi connectivity index (χ0) is 18.5. The molecule has 0 saturated carbocycles. The lowest BCUT2D eigenvalue weighted by Gasteiger charge is -2.29. The Labute approximate surface area is 151 Å². The molecule has 2 saturated heterocycles. The Hall–Kier alpha value is -1.85. The summed E-state index contributed by atoms with van der Waals surface area (Å²) in [6.07, 6.45) is 2.62. The fourth-order valence-electron chi connectivity index (χ4n) is 3.85. The number of nitrogens with two attached hydrogens (primary N) is 2. The Kier molecular flexibility index (Phi) is 4.12. The third-order valence-corrected chi connectivity index (χ3v) is 4.89. The SMILES string of the molecule is CN(CCN)CC1OCC2(n3cnc4c(N)ncnc43)OC(C)(C)OC12. The van der Waals surface area contributed by atoms with E-state index in [1.54, 1.807) is 6.33 Å². The van der Waals surface area contributed by atoms with E-state index in [0.29, 0.717) is 36.7 Å². The van der Waals surface area contributed by atoms with Crippen LogP contribution in [0.2, 0.25) is 0 Å². The van der Waals surface area contributed by atoms with Crippen molar-refractivity contribution < 1.29 is 14.2 Å². The molecule has 2 fully saturated rings. The molecule has 10 heteroatoms. The van der Waals surface area contributed by atoms with Gasteiger partial charge < -0.3 is 30.6 Å². The molecule has 0 aromatic carbocycles. The van der Waals surface area contributed by atoms with Crippen LogP contribution in [0.25, 0.3) is 11.2 Å². The van der Waals surface area contributed by atoms with Gasteiger partial charge in [-0.05, 0) is 20.9 Å². The maximum Gasteiger partial charge on any atom is 0.203 e. The number of ether oxygens (including phenoxy) is 3. The van der Waals surface area contributed by atoms with E-state index < -0.39 is 11.5 Å². The average Bonchev–Trinajstić information content (AvgIpc) is 3.20. The van der Waals surface area contributed by atoms with E-state index >= 15 is 0 Å². The molecule has 2 aromatic heterocycles. The third kappa shape index (κ3) is 2.65. The summed E-state index contributed by atoms with van der Waals surface area (Å²) < 4.78 is 20.5. The minimum absolute atomic E-state index is 0.162. The predicted molar refractivity (Wildman–Crippen MR) is 94.0 cm³/mol. The third-order valence-electron chi connectivity index (χ3n) is 4.89. The van der Waals surface area contributed by atoms with Gasteiger partial charge in [-0.15, -0.1) is 0 Å². The molecule has 26 heavy (non-hydrogen) atoms. The number of hydrogen-bond donors (Lipinski definition) is 2. The summed E-state index contributed by atoms with van der Waals surface area (Å²) in [6, 6.07) is 0. The molecule has 2 aliphatic rings. The highest BCUT2D eigenvalue weighted by Crippen LogP contribution is 2.47. The van der Waals surface area contributed by atoms with Gasteiger partial charge in [-0.1, -0.05) is 0 Å². The van der Waals surface area contributed by atoms with Gasteiger partial charge in [0.15, 0.2) is 17.3 Å². The van der Waals surface area contributed by atoms with Crippen LogP contribution in [-0.2, 0) is 19.9 Å². The van der Waals surface area contributed by atoms with Gasteiger partial charge in [0.05, 0.1) is 12.9 Å². The highest BCUT2D eigenvalue weighted by atomic mass is 16.8. The van der Waals surface area contributed by atoms with Crippen LogP contribution in [0.1, 0.15) is 13.8 Å². The molecule has 0 amide bonds. The summed E-state index contributed by atoms with van der Waals surface area (Å²) in [7, 11) is 2.01. The fraction of sp³-hybridized carbons (Fsp3) is 0.688. The van der Waals surface area contributed by atoms with Crippen LogP contribution in [0.15, 0.2) is 12.7 Å². The number of aromatic nitrogens is 4. The largest absolute Gasteiger partial charge is 0.382 e. The van der Waals surface area contributed by atoms with Crippen LogP contribution >= 0.6 is 0 Å². The van der Waals surface area contributed by atoms with E-state index in [9.17, 15) is 0 Å². The number of imidazole rings is 1. The van der Waals surface area contributed by atoms with Crippen LogP contribution < -0.4 is 11.5 Å². The van der Waals surface area contributed by atoms with Crippen LogP contribution in [0, 0.1) is 0 Å². The molecular formula is C16H25N7O3. The van der Waals surface area contributed by atoms with Crippen LogP contribution in [0.3, 0.4) is 0 Å². The number of anilines is 1. The van der Waals surface area contributed by atoms with Gasteiger partial charge in [0.2, 0.25) is 5.72 Å². The first-order valence-corrected chi connectivity index (χ1v) is 8.68. The predicted octanol–water partition coefficient (Wildman–Crippen LogP) is -0.498. The van der Waals surface area contributed by atoms with Crippen molar-refractivity contribution >= 4 is 17.0 Å². The van der Waals surface area contributed by atoms with Crippen LogP contribution in [0.5, 0.6) is 0 Å². The monoisotopic (exact) mass is 363 g/mol. The Bertz CT molecular complexity index is 810. The molecule has 0 aliphatic carbocycles. The molecular weight excluding hydrogens is 338 g/mol. The summed E-state index contributed by atoms with van der Waals surface area (Å²) in [5.74, 6) is -0.424. The zero-order valence-electron chi connectivity index (χ0n) is 15.3. The summed E-state index contributed by atoms with van der Waals surface area (Å²) in [6.45, 7) is 6.18. The summed E-state index contributed by atoms with van der Waals surface area (Å²) in [4.78, 5) is 14.9. The standard InChI is InChI=1S/C16H25N7O3/c1-15(2)25-12-10(6-22(3)5-4-17)24-7-16(12,26-15)23-9-21-11-13(18)19-8-20-14(11)23/h8-10,12H,4-7,17H2,1-3H3,(H2,18,19,20). The van der Waals surface area contributed by atoms with E-state index in [2.05, 4.69) is 19.9 Å². The van der Waals surface area contributed by atoms with Crippen molar-refractivity contribution in [1.82, 2.24) is 24.4 Å². The number of fused-ring (bicyclic) bond motifs is 2. The quantitative estimate of drug-likeness (QED) is 0.723. The highest BCUT2D eigenvalue weighted by molar-refractivity contribution is 5.81. The lowest BCUT2D eigenvalue weighted by molar-refractivity contribution is -0.205. The van der Waals surface area contributed by atoms with Crippen molar-refractivity contribution in [2.24, 2.45) is 5.73 Å². The minimum atomic E-state index is -0.854. The topological polar surface area (TPSA) is 127 Å². The maximum atomic E-state index is 6.36. The number of likely N-dealkylation sites (N-methyl/N-ethyl adjacent to an activating group) is 1. The molecule has 4 rings (SSSR count). The van der Waals surface area contributed by atoms with Crippen LogP contribution in [-0.4, -0.2) is 75.7 Å². The second-order valence-electron chi connectivity index (χ2n) is 7.33. The van der Waals surface area contributed by atoms with Crippen molar-refractivity contribution in [3.05, 3.63) is 12.7 Å². The van der Waals surface area contributed by atoms with E-state index in [0.717, 1.165) is 6.54 Å².